The third-order valence-electron chi connectivity index (χ3n) is 8.57. The van der Waals surface area contributed by atoms with Gasteiger partial charge in [0.2, 0.25) is 0 Å². The Balaban J connectivity index is 1.44. The molecule has 5 heteroatoms. The van der Waals surface area contributed by atoms with E-state index in [0.717, 1.165) is 70.6 Å². The van der Waals surface area contributed by atoms with E-state index >= 15 is 0 Å². The fraction of sp³-hybridized carbons (Fsp3) is 0.222. The van der Waals surface area contributed by atoms with Crippen molar-refractivity contribution in [1.29, 1.82) is 5.26 Å². The van der Waals surface area contributed by atoms with Gasteiger partial charge in [-0.3, -0.25) is 0 Å². The van der Waals surface area contributed by atoms with Crippen molar-refractivity contribution in [3.8, 4) is 28.6 Å². The predicted molar refractivity (Wildman–Crippen MR) is 168 cm³/mol. The van der Waals surface area contributed by atoms with Crippen molar-refractivity contribution in [2.75, 3.05) is 25.1 Å². The minimum absolute atomic E-state index is 0.580. The number of fused-ring (bicyclic) bond motifs is 4. The van der Waals surface area contributed by atoms with Crippen LogP contribution < -0.4 is 9.64 Å². The average Bonchev–Trinajstić information content (AvgIpc) is 3.35. The monoisotopic (exact) mass is 536 g/mol. The van der Waals surface area contributed by atoms with E-state index in [9.17, 15) is 5.26 Å². The molecular weight excluding hydrogens is 504 g/mol. The summed E-state index contributed by atoms with van der Waals surface area (Å²) >= 11 is 0. The molecule has 1 aliphatic heterocycles. The highest BCUT2D eigenvalue weighted by atomic mass is 16.5. The topological polar surface area (TPSA) is 54.1 Å². The van der Waals surface area contributed by atoms with Gasteiger partial charge < -0.3 is 14.2 Å². The maximum absolute atomic E-state index is 10.0. The number of piperidine rings is 1. The number of ether oxygens (including phenoxy) is 1. The number of pyridine rings is 1. The highest BCUT2D eigenvalue weighted by molar-refractivity contribution is 6.10. The molecule has 0 spiro atoms. The van der Waals surface area contributed by atoms with Crippen LogP contribution >= 0.6 is 0 Å². The summed E-state index contributed by atoms with van der Waals surface area (Å²) in [5, 5.41) is 14.6. The highest BCUT2D eigenvalue weighted by Crippen LogP contribution is 2.44. The molecule has 0 saturated carbocycles. The molecule has 4 aromatic carbocycles. The lowest BCUT2D eigenvalue weighted by atomic mass is 9.92. The number of hydrogen-bond acceptors (Lipinski definition) is 4. The van der Waals surface area contributed by atoms with Crippen molar-refractivity contribution in [2.45, 2.75) is 33.1 Å². The number of aromatic nitrogens is 2. The van der Waals surface area contributed by atoms with Crippen LogP contribution in [0.15, 0.2) is 78.9 Å². The molecule has 5 nitrogen and oxygen atoms in total. The fourth-order valence-corrected chi connectivity index (χ4v) is 6.69. The van der Waals surface area contributed by atoms with E-state index in [1.165, 1.54) is 28.2 Å². The molecule has 202 valence electrons. The van der Waals surface area contributed by atoms with Crippen LogP contribution in [-0.4, -0.2) is 29.8 Å². The molecule has 41 heavy (non-hydrogen) atoms. The fourth-order valence-electron chi connectivity index (χ4n) is 6.69. The number of anilines is 1. The van der Waals surface area contributed by atoms with Crippen LogP contribution in [0.2, 0.25) is 0 Å². The van der Waals surface area contributed by atoms with Crippen LogP contribution in [0.25, 0.3) is 49.4 Å². The third kappa shape index (κ3) is 3.94. The van der Waals surface area contributed by atoms with Crippen molar-refractivity contribution in [3.63, 3.8) is 0 Å². The summed E-state index contributed by atoms with van der Waals surface area (Å²) in [7, 11) is 1.66. The molecule has 0 aliphatic carbocycles. The first-order chi connectivity index (χ1) is 20.1. The molecule has 1 aliphatic rings. The Morgan fingerprint density at radius 2 is 1.44 bits per heavy atom. The summed E-state index contributed by atoms with van der Waals surface area (Å²) in [6, 6.07) is 30.5. The zero-order valence-electron chi connectivity index (χ0n) is 23.7. The van der Waals surface area contributed by atoms with E-state index in [-0.39, 0.29) is 0 Å². The zero-order valence-corrected chi connectivity index (χ0v) is 23.7. The quantitative estimate of drug-likeness (QED) is 0.227. The Labute approximate surface area is 240 Å². The number of rotatable bonds is 4. The second kappa shape index (κ2) is 9.98. The molecule has 3 heterocycles. The van der Waals surface area contributed by atoms with Crippen molar-refractivity contribution in [2.24, 2.45) is 0 Å². The first kappa shape index (κ1) is 25.2. The van der Waals surface area contributed by atoms with Gasteiger partial charge >= 0.3 is 0 Å². The summed E-state index contributed by atoms with van der Waals surface area (Å²) in [6.45, 7) is 6.02. The number of benzene rings is 4. The Morgan fingerprint density at radius 3 is 2.05 bits per heavy atom. The first-order valence-corrected chi connectivity index (χ1v) is 14.4. The van der Waals surface area contributed by atoms with Gasteiger partial charge in [-0.05, 0) is 80.0 Å². The lowest BCUT2D eigenvalue weighted by molar-refractivity contribution is 0.418. The van der Waals surface area contributed by atoms with Gasteiger partial charge in [-0.2, -0.15) is 5.26 Å². The Bertz CT molecular complexity index is 1940. The number of para-hydroxylation sites is 2. The lowest BCUT2D eigenvalue weighted by Crippen LogP contribution is -2.30. The predicted octanol–water partition coefficient (Wildman–Crippen LogP) is 8.49. The van der Waals surface area contributed by atoms with Crippen LogP contribution in [0, 0.1) is 25.2 Å². The molecule has 6 aromatic rings. The number of hydrogen-bond donors (Lipinski definition) is 0. The van der Waals surface area contributed by atoms with Gasteiger partial charge in [0.05, 0.1) is 29.1 Å². The maximum Gasteiger partial charge on any atom is 0.148 e. The van der Waals surface area contributed by atoms with Gasteiger partial charge in [-0.1, -0.05) is 48.5 Å². The second-order valence-electron chi connectivity index (χ2n) is 11.0. The largest absolute Gasteiger partial charge is 0.495 e. The molecule has 1 saturated heterocycles. The Hall–Kier alpha value is -4.82. The van der Waals surface area contributed by atoms with Gasteiger partial charge in [-0.25, -0.2) is 4.98 Å². The van der Waals surface area contributed by atoms with E-state index in [4.69, 9.17) is 9.72 Å². The smallest absolute Gasteiger partial charge is 0.148 e. The van der Waals surface area contributed by atoms with Crippen LogP contribution in [-0.2, 0) is 0 Å². The minimum atomic E-state index is 0.580. The van der Waals surface area contributed by atoms with E-state index in [0.29, 0.717) is 11.3 Å². The van der Waals surface area contributed by atoms with Crippen molar-refractivity contribution in [3.05, 3.63) is 95.7 Å². The summed E-state index contributed by atoms with van der Waals surface area (Å²) in [6.07, 6.45) is 3.53. The third-order valence-corrected chi connectivity index (χ3v) is 8.57. The molecule has 0 bridgehead atoms. The molecule has 7 rings (SSSR count). The van der Waals surface area contributed by atoms with Gasteiger partial charge in [0.1, 0.15) is 17.6 Å². The summed E-state index contributed by atoms with van der Waals surface area (Å²) in [4.78, 5) is 7.57. The van der Waals surface area contributed by atoms with Crippen molar-refractivity contribution in [1.82, 2.24) is 9.55 Å². The number of nitrogens with zero attached hydrogens (tertiary/aromatic N) is 4. The molecular formula is C36H32N4O. The van der Waals surface area contributed by atoms with Crippen LogP contribution in [0.3, 0.4) is 0 Å². The molecule has 0 atom stereocenters. The average molecular weight is 537 g/mol. The van der Waals surface area contributed by atoms with E-state index < -0.39 is 0 Å². The van der Waals surface area contributed by atoms with Crippen LogP contribution in [0.5, 0.6) is 5.75 Å². The minimum Gasteiger partial charge on any atom is -0.495 e. The Kier molecular flexibility index (Phi) is 6.12. The van der Waals surface area contributed by atoms with Crippen molar-refractivity contribution >= 4 is 38.4 Å². The van der Waals surface area contributed by atoms with Gasteiger partial charge in [0.25, 0.3) is 0 Å². The SMILES string of the molecule is COc1c(C#N)c(C)cc2c(-c3ccc(-n4c5ccccc5c5ccccc54)cc3)c(C)nc(N3CCCCC3)c12. The van der Waals surface area contributed by atoms with Crippen molar-refractivity contribution < 1.29 is 4.74 Å². The number of nitriles is 1. The molecule has 0 amide bonds. The molecule has 1 fully saturated rings. The van der Waals surface area contributed by atoms with E-state index in [2.05, 4.69) is 101 Å². The normalized spacial score (nSPS) is 13.7. The van der Waals surface area contributed by atoms with Gasteiger partial charge in [0.15, 0.2) is 0 Å². The molecule has 0 unspecified atom stereocenters. The standard InChI is InChI=1S/C36H32N4O/c1-23-21-29-33(24(2)38-36(39-19-9-4-10-20-39)34(29)35(41-3)30(23)22-37)25-15-17-26(18-16-25)40-31-13-7-5-11-27(31)28-12-6-8-14-32(28)40/h5-8,11-18,21H,4,9-10,19-20H2,1-3H3. The van der Waals surface area contributed by atoms with Gasteiger partial charge in [0, 0.05) is 40.8 Å². The Morgan fingerprint density at radius 1 is 0.805 bits per heavy atom. The number of aryl methyl sites for hydroxylation is 2. The molecule has 0 N–H and O–H groups in total. The van der Waals surface area contributed by atoms with Crippen LogP contribution in [0.4, 0.5) is 5.82 Å². The first-order valence-electron chi connectivity index (χ1n) is 14.4. The maximum atomic E-state index is 10.0. The summed E-state index contributed by atoms with van der Waals surface area (Å²) < 4.78 is 8.29. The zero-order chi connectivity index (χ0) is 28.1. The van der Waals surface area contributed by atoms with Gasteiger partial charge in [-0.15, -0.1) is 0 Å². The van der Waals surface area contributed by atoms with E-state index in [1.54, 1.807) is 7.11 Å². The lowest BCUT2D eigenvalue weighted by Gasteiger charge is -2.30. The molecule has 2 aromatic heterocycles. The van der Waals surface area contributed by atoms with E-state index in [1.807, 2.05) is 6.92 Å². The van der Waals surface area contributed by atoms with Crippen LogP contribution in [0.1, 0.15) is 36.1 Å². The number of methoxy groups -OCH3 is 1. The molecule has 0 radical (unpaired) electrons. The summed E-state index contributed by atoms with van der Waals surface area (Å²) in [5.41, 5.74) is 8.16. The second-order valence-corrected chi connectivity index (χ2v) is 11.0. The summed E-state index contributed by atoms with van der Waals surface area (Å²) in [5.74, 6) is 1.55. The highest BCUT2D eigenvalue weighted by Gasteiger charge is 2.25.